The molecule has 1 fully saturated rings. The number of urea groups is 1. The molecule has 1 aromatic rings. The predicted octanol–water partition coefficient (Wildman–Crippen LogP) is 2.52. The molecule has 1 aliphatic rings. The standard InChI is InChI=1S/C16H20FN3O5/c1-10-4-2-3-5-12(10)18-16(22)19-15(21)9-25-14-8-11(17)6-7-13(14)20(23)24/h6-8,10,12H,2-5,9H2,1H3,(H2,18,19,21,22)/t10-,12+/m1/s1. The minimum Gasteiger partial charge on any atom is -0.477 e. The van der Waals surface area contributed by atoms with Gasteiger partial charge in [-0.05, 0) is 24.8 Å². The van der Waals surface area contributed by atoms with Gasteiger partial charge < -0.3 is 10.1 Å². The number of carbonyl (C=O) groups is 2. The number of halogens is 1. The van der Waals surface area contributed by atoms with Crippen LogP contribution in [0.3, 0.4) is 0 Å². The summed E-state index contributed by atoms with van der Waals surface area (Å²) in [4.78, 5) is 33.7. The molecular formula is C16H20FN3O5. The quantitative estimate of drug-likeness (QED) is 0.624. The van der Waals surface area contributed by atoms with Gasteiger partial charge in [0.25, 0.3) is 5.91 Å². The number of nitro groups is 1. The van der Waals surface area contributed by atoms with E-state index in [1.54, 1.807) is 0 Å². The topological polar surface area (TPSA) is 111 Å². The summed E-state index contributed by atoms with van der Waals surface area (Å²) in [6.45, 7) is 1.40. The number of nitrogens with zero attached hydrogens (tertiary/aromatic N) is 1. The molecule has 2 rings (SSSR count). The molecule has 0 spiro atoms. The molecule has 0 unspecified atom stereocenters. The lowest BCUT2D eigenvalue weighted by Gasteiger charge is -2.29. The maximum absolute atomic E-state index is 13.2. The zero-order chi connectivity index (χ0) is 18.4. The molecule has 9 heteroatoms. The average Bonchev–Trinajstić information content (AvgIpc) is 2.55. The molecule has 0 radical (unpaired) electrons. The first-order chi connectivity index (χ1) is 11.9. The molecule has 2 N–H and O–H groups in total. The van der Waals surface area contributed by atoms with Crippen LogP contribution < -0.4 is 15.4 Å². The average molecular weight is 353 g/mol. The molecule has 136 valence electrons. The zero-order valence-corrected chi connectivity index (χ0v) is 13.8. The van der Waals surface area contributed by atoms with Gasteiger partial charge in [-0.2, -0.15) is 0 Å². The normalized spacial score (nSPS) is 19.8. The number of carbonyl (C=O) groups excluding carboxylic acids is 2. The van der Waals surface area contributed by atoms with E-state index in [0.717, 1.165) is 43.9 Å². The van der Waals surface area contributed by atoms with Crippen LogP contribution in [-0.4, -0.2) is 29.5 Å². The molecule has 3 amide bonds. The minimum atomic E-state index is -0.778. The zero-order valence-electron chi connectivity index (χ0n) is 13.8. The number of benzene rings is 1. The number of hydrogen-bond donors (Lipinski definition) is 2. The Labute approximate surface area is 143 Å². The third kappa shape index (κ3) is 5.40. The number of amides is 3. The van der Waals surface area contributed by atoms with Gasteiger partial charge in [-0.1, -0.05) is 19.8 Å². The third-order valence-electron chi connectivity index (χ3n) is 4.16. The third-order valence-corrected chi connectivity index (χ3v) is 4.16. The van der Waals surface area contributed by atoms with Crippen molar-refractivity contribution >= 4 is 17.6 Å². The Bertz CT molecular complexity index is 667. The van der Waals surface area contributed by atoms with Crippen molar-refractivity contribution in [2.45, 2.75) is 38.6 Å². The second-order valence-electron chi connectivity index (χ2n) is 6.05. The summed E-state index contributed by atoms with van der Waals surface area (Å²) in [6.07, 6.45) is 4.02. The van der Waals surface area contributed by atoms with Gasteiger partial charge in [-0.15, -0.1) is 0 Å². The second kappa shape index (κ2) is 8.41. The van der Waals surface area contributed by atoms with E-state index >= 15 is 0 Å². The number of imide groups is 1. The Hall–Kier alpha value is -2.71. The predicted molar refractivity (Wildman–Crippen MR) is 86.6 cm³/mol. The number of ether oxygens (including phenoxy) is 1. The maximum atomic E-state index is 13.2. The Morgan fingerprint density at radius 1 is 1.36 bits per heavy atom. The maximum Gasteiger partial charge on any atom is 0.321 e. The van der Waals surface area contributed by atoms with Crippen LogP contribution >= 0.6 is 0 Å². The minimum absolute atomic E-state index is 0.00627. The SMILES string of the molecule is C[C@@H]1CCCC[C@@H]1NC(=O)NC(=O)COc1cc(F)ccc1[N+](=O)[O-]. The van der Waals surface area contributed by atoms with Crippen molar-refractivity contribution in [3.05, 3.63) is 34.1 Å². The number of nitrogens with one attached hydrogen (secondary N) is 2. The van der Waals surface area contributed by atoms with Gasteiger partial charge in [0.05, 0.1) is 4.92 Å². The number of rotatable bonds is 5. The van der Waals surface area contributed by atoms with E-state index < -0.39 is 35.0 Å². The van der Waals surface area contributed by atoms with E-state index in [0.29, 0.717) is 5.92 Å². The first-order valence-electron chi connectivity index (χ1n) is 8.04. The lowest BCUT2D eigenvalue weighted by atomic mass is 9.86. The fourth-order valence-electron chi connectivity index (χ4n) is 2.80. The van der Waals surface area contributed by atoms with Crippen LogP contribution in [0.4, 0.5) is 14.9 Å². The van der Waals surface area contributed by atoms with Crippen molar-refractivity contribution in [1.82, 2.24) is 10.6 Å². The highest BCUT2D eigenvalue weighted by molar-refractivity contribution is 5.95. The van der Waals surface area contributed by atoms with Crippen molar-refractivity contribution in [1.29, 1.82) is 0 Å². The molecule has 0 saturated heterocycles. The molecule has 0 heterocycles. The van der Waals surface area contributed by atoms with E-state index in [1.165, 1.54) is 0 Å². The summed E-state index contributed by atoms with van der Waals surface area (Å²) >= 11 is 0. The van der Waals surface area contributed by atoms with Gasteiger partial charge in [-0.25, -0.2) is 9.18 Å². The second-order valence-corrected chi connectivity index (χ2v) is 6.05. The van der Waals surface area contributed by atoms with Crippen molar-refractivity contribution in [2.75, 3.05) is 6.61 Å². The Morgan fingerprint density at radius 2 is 2.08 bits per heavy atom. The molecule has 2 atom stereocenters. The monoisotopic (exact) mass is 353 g/mol. The van der Waals surface area contributed by atoms with Crippen molar-refractivity contribution < 1.29 is 23.6 Å². The van der Waals surface area contributed by atoms with E-state index in [4.69, 9.17) is 4.74 Å². The highest BCUT2D eigenvalue weighted by atomic mass is 19.1. The van der Waals surface area contributed by atoms with E-state index in [-0.39, 0.29) is 11.8 Å². The van der Waals surface area contributed by atoms with Crippen molar-refractivity contribution in [3.63, 3.8) is 0 Å². The van der Waals surface area contributed by atoms with Crippen LogP contribution in [0.2, 0.25) is 0 Å². The van der Waals surface area contributed by atoms with Crippen LogP contribution in [0.5, 0.6) is 5.75 Å². The van der Waals surface area contributed by atoms with Crippen molar-refractivity contribution in [3.8, 4) is 5.75 Å². The molecule has 0 aliphatic heterocycles. The molecule has 25 heavy (non-hydrogen) atoms. The van der Waals surface area contributed by atoms with Crippen LogP contribution in [0.15, 0.2) is 18.2 Å². The smallest absolute Gasteiger partial charge is 0.321 e. The summed E-state index contributed by atoms with van der Waals surface area (Å²) in [7, 11) is 0. The molecular weight excluding hydrogens is 333 g/mol. The fourth-order valence-corrected chi connectivity index (χ4v) is 2.80. The van der Waals surface area contributed by atoms with Crippen molar-refractivity contribution in [2.24, 2.45) is 5.92 Å². The summed E-state index contributed by atoms with van der Waals surface area (Å²) in [5, 5.41) is 15.7. The molecule has 1 aliphatic carbocycles. The first kappa shape index (κ1) is 18.6. The van der Waals surface area contributed by atoms with Gasteiger partial charge in [0.2, 0.25) is 5.75 Å². The first-order valence-corrected chi connectivity index (χ1v) is 8.04. The van der Waals surface area contributed by atoms with E-state index in [1.807, 2.05) is 6.92 Å². The summed E-state index contributed by atoms with van der Waals surface area (Å²) in [5.41, 5.74) is -0.463. The van der Waals surface area contributed by atoms with Gasteiger partial charge in [-0.3, -0.25) is 20.2 Å². The van der Waals surface area contributed by atoms with E-state index in [2.05, 4.69) is 10.6 Å². The Kier molecular flexibility index (Phi) is 6.26. The van der Waals surface area contributed by atoms with Crippen LogP contribution in [0.25, 0.3) is 0 Å². The molecule has 0 bridgehead atoms. The van der Waals surface area contributed by atoms with Crippen LogP contribution in [0, 0.1) is 21.8 Å². The number of hydrogen-bond acceptors (Lipinski definition) is 5. The van der Waals surface area contributed by atoms with Gasteiger partial charge in [0.1, 0.15) is 5.82 Å². The Morgan fingerprint density at radius 3 is 2.76 bits per heavy atom. The largest absolute Gasteiger partial charge is 0.477 e. The molecule has 1 saturated carbocycles. The van der Waals surface area contributed by atoms with Gasteiger partial charge >= 0.3 is 11.7 Å². The van der Waals surface area contributed by atoms with Gasteiger partial charge in [0, 0.05) is 18.2 Å². The molecule has 8 nitrogen and oxygen atoms in total. The summed E-state index contributed by atoms with van der Waals surface area (Å²) in [6, 6.07) is 2.05. The highest BCUT2D eigenvalue weighted by Gasteiger charge is 2.23. The van der Waals surface area contributed by atoms with Crippen LogP contribution in [-0.2, 0) is 4.79 Å². The lowest BCUT2D eigenvalue weighted by molar-refractivity contribution is -0.385. The lowest BCUT2D eigenvalue weighted by Crippen LogP contribution is -2.48. The summed E-state index contributed by atoms with van der Waals surface area (Å²) < 4.78 is 18.2. The highest BCUT2D eigenvalue weighted by Crippen LogP contribution is 2.27. The molecule has 0 aromatic heterocycles. The van der Waals surface area contributed by atoms with Crippen LogP contribution in [0.1, 0.15) is 32.6 Å². The number of nitro benzene ring substituents is 1. The Balaban J connectivity index is 1.85. The summed E-state index contributed by atoms with van der Waals surface area (Å²) in [5.74, 6) is -1.55. The molecule has 1 aromatic carbocycles. The van der Waals surface area contributed by atoms with E-state index in [9.17, 15) is 24.1 Å². The van der Waals surface area contributed by atoms with Gasteiger partial charge in [0.15, 0.2) is 6.61 Å². The fraction of sp³-hybridized carbons (Fsp3) is 0.500.